The Hall–Kier alpha value is -2.12. The molecular formula is C23H27N3O2S2. The van der Waals surface area contributed by atoms with E-state index in [9.17, 15) is 9.59 Å². The van der Waals surface area contributed by atoms with Crippen LogP contribution in [0.2, 0.25) is 0 Å². The van der Waals surface area contributed by atoms with Crippen molar-refractivity contribution >= 4 is 39.2 Å². The molecule has 7 heteroatoms. The van der Waals surface area contributed by atoms with Gasteiger partial charge >= 0.3 is 0 Å². The van der Waals surface area contributed by atoms with Gasteiger partial charge in [0.1, 0.15) is 4.83 Å². The SMILES string of the molecule is CCCNC(=O)CSc1nc2sc3c(c2c(=O)n1-c1ccc(CC)cc1)CCCC3. The van der Waals surface area contributed by atoms with Crippen LogP contribution < -0.4 is 10.9 Å². The minimum atomic E-state index is -0.0328. The molecule has 1 N–H and O–H groups in total. The number of aryl methyl sites for hydroxylation is 3. The molecule has 1 aromatic carbocycles. The first kappa shape index (κ1) is 21.1. The molecule has 4 rings (SSSR count). The van der Waals surface area contributed by atoms with Gasteiger partial charge in [0, 0.05) is 11.4 Å². The van der Waals surface area contributed by atoms with Gasteiger partial charge in [0.25, 0.3) is 5.56 Å². The van der Waals surface area contributed by atoms with Crippen LogP contribution in [-0.2, 0) is 24.1 Å². The van der Waals surface area contributed by atoms with Crippen LogP contribution in [-0.4, -0.2) is 27.8 Å². The van der Waals surface area contributed by atoms with Crippen molar-refractivity contribution in [3.8, 4) is 5.69 Å². The second-order valence-corrected chi connectivity index (χ2v) is 9.61. The molecule has 158 valence electrons. The Balaban J connectivity index is 1.81. The number of aromatic nitrogens is 2. The van der Waals surface area contributed by atoms with Crippen LogP contribution in [0.4, 0.5) is 0 Å². The fourth-order valence-electron chi connectivity index (χ4n) is 3.84. The van der Waals surface area contributed by atoms with Crippen LogP contribution in [0.3, 0.4) is 0 Å². The quantitative estimate of drug-likeness (QED) is 0.433. The van der Waals surface area contributed by atoms with Gasteiger partial charge in [0.15, 0.2) is 5.16 Å². The van der Waals surface area contributed by atoms with Gasteiger partial charge < -0.3 is 5.32 Å². The second kappa shape index (κ2) is 9.35. The molecule has 0 radical (unpaired) electrons. The van der Waals surface area contributed by atoms with Gasteiger partial charge in [-0.2, -0.15) is 0 Å². The van der Waals surface area contributed by atoms with Gasteiger partial charge in [0.2, 0.25) is 5.91 Å². The van der Waals surface area contributed by atoms with Crippen molar-refractivity contribution in [1.82, 2.24) is 14.9 Å². The first-order chi connectivity index (χ1) is 14.6. The molecule has 0 aliphatic heterocycles. The standard InChI is InChI=1S/C23H27N3O2S2/c1-3-13-24-19(27)14-29-23-25-21-20(17-7-5-6-8-18(17)30-21)22(28)26(23)16-11-9-15(4-2)10-12-16/h9-12H,3-8,13-14H2,1-2H3,(H,24,27). The molecule has 5 nitrogen and oxygen atoms in total. The summed E-state index contributed by atoms with van der Waals surface area (Å²) < 4.78 is 1.70. The fraction of sp³-hybridized carbons (Fsp3) is 0.435. The number of nitrogens with one attached hydrogen (secondary N) is 1. The lowest BCUT2D eigenvalue weighted by Gasteiger charge is -2.14. The summed E-state index contributed by atoms with van der Waals surface area (Å²) in [4.78, 5) is 32.8. The predicted octanol–water partition coefficient (Wildman–Crippen LogP) is 4.51. The number of hydrogen-bond acceptors (Lipinski definition) is 5. The highest BCUT2D eigenvalue weighted by molar-refractivity contribution is 7.99. The van der Waals surface area contributed by atoms with Crippen molar-refractivity contribution in [2.24, 2.45) is 0 Å². The van der Waals surface area contributed by atoms with Crippen LogP contribution in [0.15, 0.2) is 34.2 Å². The average molecular weight is 442 g/mol. The molecule has 2 aromatic heterocycles. The second-order valence-electron chi connectivity index (χ2n) is 7.58. The van der Waals surface area contributed by atoms with E-state index in [4.69, 9.17) is 4.98 Å². The van der Waals surface area contributed by atoms with E-state index in [1.165, 1.54) is 34.2 Å². The highest BCUT2D eigenvalue weighted by atomic mass is 32.2. The van der Waals surface area contributed by atoms with Crippen molar-refractivity contribution in [2.45, 2.75) is 57.5 Å². The van der Waals surface area contributed by atoms with Crippen LogP contribution in [0.25, 0.3) is 15.9 Å². The fourth-order valence-corrected chi connectivity index (χ4v) is 5.98. The maximum absolute atomic E-state index is 13.7. The molecule has 3 aromatic rings. The zero-order chi connectivity index (χ0) is 21.1. The van der Waals surface area contributed by atoms with Crippen molar-refractivity contribution < 1.29 is 4.79 Å². The average Bonchev–Trinajstić information content (AvgIpc) is 3.15. The summed E-state index contributed by atoms with van der Waals surface area (Å²) in [6.45, 7) is 4.80. The van der Waals surface area contributed by atoms with E-state index in [-0.39, 0.29) is 17.2 Å². The molecule has 1 amide bonds. The number of fused-ring (bicyclic) bond motifs is 3. The lowest BCUT2D eigenvalue weighted by molar-refractivity contribution is -0.118. The Morgan fingerprint density at radius 3 is 2.70 bits per heavy atom. The molecule has 0 bridgehead atoms. The van der Waals surface area contributed by atoms with Crippen molar-refractivity contribution in [1.29, 1.82) is 0 Å². The summed E-state index contributed by atoms with van der Waals surface area (Å²) in [6, 6.07) is 8.07. The summed E-state index contributed by atoms with van der Waals surface area (Å²) in [7, 11) is 0. The molecule has 0 fully saturated rings. The maximum atomic E-state index is 13.7. The number of hydrogen-bond donors (Lipinski definition) is 1. The topological polar surface area (TPSA) is 64.0 Å². The van der Waals surface area contributed by atoms with Crippen molar-refractivity contribution in [3.63, 3.8) is 0 Å². The van der Waals surface area contributed by atoms with Crippen molar-refractivity contribution in [3.05, 3.63) is 50.6 Å². The summed E-state index contributed by atoms with van der Waals surface area (Å²) in [5, 5.41) is 4.25. The zero-order valence-corrected chi connectivity index (χ0v) is 19.1. The van der Waals surface area contributed by atoms with Crippen LogP contribution >= 0.6 is 23.1 Å². The lowest BCUT2D eigenvalue weighted by atomic mass is 9.97. The van der Waals surface area contributed by atoms with Crippen LogP contribution in [0.5, 0.6) is 0 Å². The number of nitrogens with zero attached hydrogens (tertiary/aromatic N) is 2. The number of thiophene rings is 1. The van der Waals surface area contributed by atoms with E-state index in [0.29, 0.717) is 11.7 Å². The van der Waals surface area contributed by atoms with E-state index in [1.807, 2.05) is 19.1 Å². The van der Waals surface area contributed by atoms with E-state index in [0.717, 1.165) is 48.0 Å². The Morgan fingerprint density at radius 1 is 1.20 bits per heavy atom. The summed E-state index contributed by atoms with van der Waals surface area (Å²) >= 11 is 2.98. The molecule has 0 atom stereocenters. The van der Waals surface area contributed by atoms with E-state index in [1.54, 1.807) is 15.9 Å². The van der Waals surface area contributed by atoms with Crippen LogP contribution in [0, 0.1) is 0 Å². The summed E-state index contributed by atoms with van der Waals surface area (Å²) in [5.74, 6) is 0.213. The Kier molecular flexibility index (Phi) is 6.58. The third-order valence-corrected chi connectivity index (χ3v) is 7.59. The molecule has 2 heterocycles. The third kappa shape index (κ3) is 4.18. The monoisotopic (exact) mass is 441 g/mol. The largest absolute Gasteiger partial charge is 0.355 e. The van der Waals surface area contributed by atoms with Gasteiger partial charge in [-0.1, -0.05) is 37.7 Å². The molecule has 0 saturated heterocycles. The number of carbonyl (C=O) groups excluding carboxylic acids is 1. The minimum Gasteiger partial charge on any atom is -0.355 e. The number of rotatable bonds is 7. The predicted molar refractivity (Wildman–Crippen MR) is 125 cm³/mol. The van der Waals surface area contributed by atoms with E-state index in [2.05, 4.69) is 24.4 Å². The number of amides is 1. The lowest BCUT2D eigenvalue weighted by Crippen LogP contribution is -2.27. The molecule has 0 spiro atoms. The number of carbonyl (C=O) groups is 1. The highest BCUT2D eigenvalue weighted by Gasteiger charge is 2.23. The smallest absolute Gasteiger partial charge is 0.267 e. The normalized spacial score (nSPS) is 13.4. The molecule has 0 saturated carbocycles. The highest BCUT2D eigenvalue weighted by Crippen LogP contribution is 2.35. The third-order valence-electron chi connectivity index (χ3n) is 5.47. The van der Waals surface area contributed by atoms with Gasteiger partial charge in [-0.05, 0) is 61.8 Å². The molecule has 1 aliphatic carbocycles. The van der Waals surface area contributed by atoms with Gasteiger partial charge in [-0.25, -0.2) is 4.98 Å². The molecule has 1 aliphatic rings. The summed E-state index contributed by atoms with van der Waals surface area (Å²) in [6.07, 6.45) is 6.12. The van der Waals surface area contributed by atoms with Gasteiger partial charge in [0.05, 0.1) is 16.8 Å². The van der Waals surface area contributed by atoms with Crippen molar-refractivity contribution in [2.75, 3.05) is 12.3 Å². The number of benzene rings is 1. The molecular weight excluding hydrogens is 414 g/mol. The zero-order valence-electron chi connectivity index (χ0n) is 17.5. The first-order valence-electron chi connectivity index (χ1n) is 10.7. The first-order valence-corrected chi connectivity index (χ1v) is 12.5. The summed E-state index contributed by atoms with van der Waals surface area (Å²) in [5.41, 5.74) is 3.20. The minimum absolute atomic E-state index is 0.0138. The van der Waals surface area contributed by atoms with E-state index < -0.39 is 0 Å². The molecule has 0 unspecified atom stereocenters. The Labute approximate surface area is 184 Å². The van der Waals surface area contributed by atoms with Crippen LogP contribution in [0.1, 0.15) is 49.1 Å². The van der Waals surface area contributed by atoms with Gasteiger partial charge in [-0.3, -0.25) is 14.2 Å². The van der Waals surface area contributed by atoms with Gasteiger partial charge in [-0.15, -0.1) is 11.3 Å². The number of thioether (sulfide) groups is 1. The Bertz CT molecular complexity index is 1120. The maximum Gasteiger partial charge on any atom is 0.267 e. The van der Waals surface area contributed by atoms with E-state index >= 15 is 0 Å². The Morgan fingerprint density at radius 2 is 1.97 bits per heavy atom. The molecule has 30 heavy (non-hydrogen) atoms.